The van der Waals surface area contributed by atoms with Gasteiger partial charge < -0.3 is 29.3 Å². The van der Waals surface area contributed by atoms with Crippen LogP contribution in [0, 0.1) is 0 Å². The van der Waals surface area contributed by atoms with Gasteiger partial charge in [0.25, 0.3) is 0 Å². The average Bonchev–Trinajstić information content (AvgIpc) is 2.86. The fraction of sp³-hybridized carbons (Fsp3) is 0.867. The summed E-state index contributed by atoms with van der Waals surface area (Å²) in [5.74, 6) is -0.263. The van der Waals surface area contributed by atoms with Gasteiger partial charge in [-0.25, -0.2) is 4.79 Å². The van der Waals surface area contributed by atoms with E-state index in [0.29, 0.717) is 45.6 Å². The summed E-state index contributed by atoms with van der Waals surface area (Å²) in [5, 5.41) is 8.91. The number of rotatable bonds is 7. The number of methoxy groups -OCH3 is 1. The first-order valence-corrected chi connectivity index (χ1v) is 8.04. The third kappa shape index (κ3) is 4.55. The number of hydrogen-bond donors (Lipinski definition) is 1. The van der Waals surface area contributed by atoms with Crippen molar-refractivity contribution in [1.82, 2.24) is 14.7 Å². The van der Waals surface area contributed by atoms with Crippen LogP contribution in [-0.2, 0) is 14.3 Å². The summed E-state index contributed by atoms with van der Waals surface area (Å²) >= 11 is 0. The number of likely N-dealkylation sites (tertiary alicyclic amines) is 1. The first-order valence-electron chi connectivity index (χ1n) is 8.04. The summed E-state index contributed by atoms with van der Waals surface area (Å²) in [6.07, 6.45) is 0.980. The Morgan fingerprint density at radius 2 is 2.09 bits per heavy atom. The van der Waals surface area contributed by atoms with E-state index in [1.807, 2.05) is 7.05 Å². The highest BCUT2D eigenvalue weighted by Crippen LogP contribution is 2.33. The van der Waals surface area contributed by atoms with Crippen molar-refractivity contribution < 1.29 is 24.2 Å². The van der Waals surface area contributed by atoms with Crippen molar-refractivity contribution >= 4 is 12.0 Å². The predicted octanol–water partition coefficient (Wildman–Crippen LogP) is -0.630. The molecule has 132 valence electrons. The number of aliphatic hydroxyl groups is 1. The molecule has 0 saturated carbocycles. The number of amides is 2. The molecule has 23 heavy (non-hydrogen) atoms. The topological polar surface area (TPSA) is 82.6 Å². The van der Waals surface area contributed by atoms with Gasteiger partial charge in [0, 0.05) is 52.7 Å². The highest BCUT2D eigenvalue weighted by Gasteiger charge is 2.47. The quantitative estimate of drug-likeness (QED) is 0.670. The largest absolute Gasteiger partial charge is 0.441 e. The standard InChI is InChI=1S/C15H27N3O5/c1-16(9-10-22-2)7-8-18-12-15(23-14(18)21)3-5-17(6-4-15)13(20)11-19/h19H,3-12H2,1-2H3. The summed E-state index contributed by atoms with van der Waals surface area (Å²) in [5.41, 5.74) is -0.478. The number of piperidine rings is 1. The smallest absolute Gasteiger partial charge is 0.410 e. The van der Waals surface area contributed by atoms with E-state index >= 15 is 0 Å². The molecule has 2 amide bonds. The van der Waals surface area contributed by atoms with Crippen LogP contribution in [0.3, 0.4) is 0 Å². The Bertz CT molecular complexity index is 423. The van der Waals surface area contributed by atoms with Crippen molar-refractivity contribution in [2.24, 2.45) is 0 Å². The normalized spacial score (nSPS) is 20.4. The van der Waals surface area contributed by atoms with Crippen molar-refractivity contribution in [3.63, 3.8) is 0 Å². The van der Waals surface area contributed by atoms with Gasteiger partial charge in [-0.15, -0.1) is 0 Å². The van der Waals surface area contributed by atoms with Crippen LogP contribution < -0.4 is 0 Å². The van der Waals surface area contributed by atoms with Gasteiger partial charge in [-0.1, -0.05) is 0 Å². The highest BCUT2D eigenvalue weighted by molar-refractivity contribution is 5.77. The number of likely N-dealkylation sites (N-methyl/N-ethyl adjacent to an activating group) is 1. The molecule has 0 atom stereocenters. The molecule has 0 aromatic carbocycles. The molecule has 8 heteroatoms. The van der Waals surface area contributed by atoms with Crippen LogP contribution in [0.5, 0.6) is 0 Å². The van der Waals surface area contributed by atoms with E-state index in [9.17, 15) is 9.59 Å². The van der Waals surface area contributed by atoms with E-state index in [1.165, 1.54) is 0 Å². The van der Waals surface area contributed by atoms with Crippen LogP contribution in [0.25, 0.3) is 0 Å². The van der Waals surface area contributed by atoms with E-state index in [1.54, 1.807) is 16.9 Å². The molecule has 2 rings (SSSR count). The van der Waals surface area contributed by atoms with E-state index < -0.39 is 12.2 Å². The monoisotopic (exact) mass is 329 g/mol. The highest BCUT2D eigenvalue weighted by atomic mass is 16.6. The van der Waals surface area contributed by atoms with Gasteiger partial charge in [-0.3, -0.25) is 4.79 Å². The van der Waals surface area contributed by atoms with Crippen LogP contribution >= 0.6 is 0 Å². The Morgan fingerprint density at radius 1 is 1.39 bits per heavy atom. The molecule has 2 aliphatic heterocycles. The molecule has 2 fully saturated rings. The fourth-order valence-electron chi connectivity index (χ4n) is 3.04. The Hall–Kier alpha value is -1.38. The van der Waals surface area contributed by atoms with Gasteiger partial charge in [0.15, 0.2) is 0 Å². The number of ether oxygens (including phenoxy) is 2. The lowest BCUT2D eigenvalue weighted by Crippen LogP contribution is -2.49. The lowest BCUT2D eigenvalue weighted by atomic mass is 9.91. The second-order valence-electron chi connectivity index (χ2n) is 6.31. The first kappa shape index (κ1) is 18.0. The number of hydrogen-bond acceptors (Lipinski definition) is 6. The lowest BCUT2D eigenvalue weighted by molar-refractivity contribution is -0.137. The first-order chi connectivity index (χ1) is 11.0. The molecule has 0 aliphatic carbocycles. The Morgan fingerprint density at radius 3 is 2.70 bits per heavy atom. The van der Waals surface area contributed by atoms with Gasteiger partial charge in [-0.05, 0) is 7.05 Å². The molecule has 8 nitrogen and oxygen atoms in total. The van der Waals surface area contributed by atoms with Gasteiger partial charge in [0.05, 0.1) is 13.2 Å². The van der Waals surface area contributed by atoms with Gasteiger partial charge in [0.1, 0.15) is 12.2 Å². The summed E-state index contributed by atoms with van der Waals surface area (Å²) in [6.45, 7) is 4.03. The molecule has 0 aromatic rings. The molecule has 2 heterocycles. The van der Waals surface area contributed by atoms with E-state index in [-0.39, 0.29) is 12.0 Å². The van der Waals surface area contributed by atoms with E-state index in [2.05, 4.69) is 4.90 Å². The maximum atomic E-state index is 12.1. The molecule has 0 radical (unpaired) electrons. The van der Waals surface area contributed by atoms with Crippen molar-refractivity contribution in [2.45, 2.75) is 18.4 Å². The molecule has 1 N–H and O–H groups in total. The molecule has 0 unspecified atom stereocenters. The molecular weight excluding hydrogens is 302 g/mol. The summed E-state index contributed by atoms with van der Waals surface area (Å²) < 4.78 is 10.7. The minimum Gasteiger partial charge on any atom is -0.441 e. The summed E-state index contributed by atoms with van der Waals surface area (Å²) in [4.78, 5) is 29.1. The third-order valence-electron chi connectivity index (χ3n) is 4.63. The maximum absolute atomic E-state index is 12.1. The van der Waals surface area contributed by atoms with Crippen molar-refractivity contribution in [2.75, 3.05) is 66.6 Å². The maximum Gasteiger partial charge on any atom is 0.410 e. The Labute approximate surface area is 136 Å². The SMILES string of the molecule is COCCN(C)CCN1CC2(CCN(C(=O)CO)CC2)OC1=O. The molecule has 0 aromatic heterocycles. The Balaban J connectivity index is 1.80. The number of carbonyl (C=O) groups is 2. The predicted molar refractivity (Wildman–Crippen MR) is 83.1 cm³/mol. The van der Waals surface area contributed by atoms with Crippen LogP contribution in [0.4, 0.5) is 4.79 Å². The lowest BCUT2D eigenvalue weighted by Gasteiger charge is -2.37. The molecule has 0 bridgehead atoms. The minimum atomic E-state index is -0.478. The Kier molecular flexibility index (Phi) is 6.20. The molecule has 2 saturated heterocycles. The van der Waals surface area contributed by atoms with Crippen LogP contribution in [0.2, 0.25) is 0 Å². The van der Waals surface area contributed by atoms with E-state index in [4.69, 9.17) is 14.6 Å². The zero-order chi connectivity index (χ0) is 16.9. The number of aliphatic hydroxyl groups excluding tert-OH is 1. The zero-order valence-corrected chi connectivity index (χ0v) is 14.0. The summed E-state index contributed by atoms with van der Waals surface area (Å²) in [6, 6.07) is 0. The average molecular weight is 329 g/mol. The summed E-state index contributed by atoms with van der Waals surface area (Å²) in [7, 11) is 3.67. The second-order valence-corrected chi connectivity index (χ2v) is 6.31. The number of nitrogens with zero attached hydrogens (tertiary/aromatic N) is 3. The van der Waals surface area contributed by atoms with Gasteiger partial charge in [0.2, 0.25) is 5.91 Å². The second kappa shape index (κ2) is 7.94. The number of carbonyl (C=O) groups excluding carboxylic acids is 2. The minimum absolute atomic E-state index is 0.263. The van der Waals surface area contributed by atoms with Crippen molar-refractivity contribution in [1.29, 1.82) is 0 Å². The zero-order valence-electron chi connectivity index (χ0n) is 14.0. The van der Waals surface area contributed by atoms with Crippen molar-refractivity contribution in [3.8, 4) is 0 Å². The molecular formula is C15H27N3O5. The van der Waals surface area contributed by atoms with Crippen molar-refractivity contribution in [3.05, 3.63) is 0 Å². The van der Waals surface area contributed by atoms with Crippen LogP contribution in [0.15, 0.2) is 0 Å². The molecule has 2 aliphatic rings. The van der Waals surface area contributed by atoms with Crippen LogP contribution in [0.1, 0.15) is 12.8 Å². The van der Waals surface area contributed by atoms with Crippen LogP contribution in [-0.4, -0.2) is 104 Å². The van der Waals surface area contributed by atoms with E-state index in [0.717, 1.165) is 13.1 Å². The van der Waals surface area contributed by atoms with Gasteiger partial charge >= 0.3 is 6.09 Å². The third-order valence-corrected chi connectivity index (χ3v) is 4.63. The molecule has 1 spiro atoms. The van der Waals surface area contributed by atoms with Gasteiger partial charge in [-0.2, -0.15) is 0 Å². The fourth-order valence-corrected chi connectivity index (χ4v) is 3.04.